The minimum absolute atomic E-state index is 0.0572. The van der Waals surface area contributed by atoms with Gasteiger partial charge in [-0.25, -0.2) is 4.79 Å². The standard InChI is InChI=1S/C43H49N3O6S2/c1-7-35(40(49)46-41-37(42(50)52-9-3)33-23-20-29(43(4,5)6)25-36(33)54-41)53-32-17-13-16-30(26-32)44-39(48)34(45-38(47)28-14-11-10-12-15-28)24-27-18-21-31(22-19-27)51-8-2/h10-19,21-22,24,26,29,35H,7-9,20,23,25H2,1-6H3,(H,44,48)(H,45,47)(H,46,49)/b34-24+. The normalized spacial score (nSPS) is 14.7. The summed E-state index contributed by atoms with van der Waals surface area (Å²) in [6, 6.07) is 23.1. The molecule has 0 fully saturated rings. The first kappa shape index (κ1) is 40.3. The second-order valence-electron chi connectivity index (χ2n) is 14.1. The van der Waals surface area contributed by atoms with Crippen LogP contribution < -0.4 is 20.7 Å². The highest BCUT2D eigenvalue weighted by Gasteiger charge is 2.35. The molecule has 0 radical (unpaired) electrons. The largest absolute Gasteiger partial charge is 0.494 e. The third-order valence-electron chi connectivity index (χ3n) is 9.27. The van der Waals surface area contributed by atoms with Gasteiger partial charge in [-0.2, -0.15) is 0 Å². The number of amides is 3. The van der Waals surface area contributed by atoms with Gasteiger partial charge in [0.1, 0.15) is 16.4 Å². The van der Waals surface area contributed by atoms with E-state index in [2.05, 4.69) is 36.7 Å². The van der Waals surface area contributed by atoms with Gasteiger partial charge in [-0.05, 0) is 111 Å². The molecule has 1 aromatic heterocycles. The van der Waals surface area contributed by atoms with Gasteiger partial charge in [0.2, 0.25) is 5.91 Å². The minimum atomic E-state index is -0.512. The number of benzene rings is 3. The molecule has 54 heavy (non-hydrogen) atoms. The van der Waals surface area contributed by atoms with Crippen LogP contribution in [0.1, 0.15) is 91.1 Å². The summed E-state index contributed by atoms with van der Waals surface area (Å²) >= 11 is 2.86. The number of thioether (sulfide) groups is 1. The summed E-state index contributed by atoms with van der Waals surface area (Å²) in [6.45, 7) is 13.1. The number of nitrogens with one attached hydrogen (secondary N) is 3. The molecule has 3 aromatic carbocycles. The summed E-state index contributed by atoms with van der Waals surface area (Å²) in [5, 5.41) is 8.84. The lowest BCUT2D eigenvalue weighted by Gasteiger charge is -2.33. The van der Waals surface area contributed by atoms with E-state index in [0.29, 0.717) is 52.1 Å². The molecule has 9 nitrogen and oxygen atoms in total. The number of hydrogen-bond acceptors (Lipinski definition) is 8. The van der Waals surface area contributed by atoms with E-state index in [1.165, 1.54) is 23.1 Å². The van der Waals surface area contributed by atoms with Crippen molar-refractivity contribution in [2.24, 2.45) is 11.3 Å². The summed E-state index contributed by atoms with van der Waals surface area (Å²) in [5.41, 5.74) is 3.28. The third-order valence-corrected chi connectivity index (χ3v) is 11.8. The molecule has 11 heteroatoms. The van der Waals surface area contributed by atoms with Crippen LogP contribution in [0.4, 0.5) is 10.7 Å². The number of hydrogen-bond donors (Lipinski definition) is 3. The van der Waals surface area contributed by atoms with E-state index >= 15 is 0 Å². The molecule has 0 bridgehead atoms. The van der Waals surface area contributed by atoms with Gasteiger partial charge in [0.15, 0.2) is 0 Å². The Balaban J connectivity index is 1.32. The van der Waals surface area contributed by atoms with Gasteiger partial charge in [0.25, 0.3) is 11.8 Å². The first-order chi connectivity index (χ1) is 25.9. The van der Waals surface area contributed by atoms with Crippen LogP contribution in [0, 0.1) is 11.3 Å². The van der Waals surface area contributed by atoms with Crippen LogP contribution >= 0.6 is 23.1 Å². The fourth-order valence-corrected chi connectivity index (χ4v) is 8.62. The number of rotatable bonds is 14. The SMILES string of the molecule is CCOC(=O)c1c(NC(=O)C(CC)Sc2cccc(NC(=O)/C(=C\c3ccc(OCC)cc3)NC(=O)c3ccccc3)c2)sc2c1CCC(C(C)(C)C)C2. The molecular formula is C43H49N3O6S2. The number of anilines is 2. The predicted molar refractivity (Wildman–Crippen MR) is 218 cm³/mol. The molecule has 0 saturated heterocycles. The van der Waals surface area contributed by atoms with E-state index in [1.807, 2.05) is 38.1 Å². The summed E-state index contributed by atoms with van der Waals surface area (Å²) in [5.74, 6) is -0.367. The third kappa shape index (κ3) is 10.4. The molecule has 0 saturated carbocycles. The number of carbonyl (C=O) groups excluding carboxylic acids is 4. The summed E-state index contributed by atoms with van der Waals surface area (Å²) in [6.07, 6.45) is 4.75. The zero-order valence-corrected chi connectivity index (χ0v) is 33.4. The maximum absolute atomic E-state index is 13.8. The molecule has 0 spiro atoms. The fraction of sp³-hybridized carbons (Fsp3) is 0.349. The molecule has 2 atom stereocenters. The zero-order valence-electron chi connectivity index (χ0n) is 31.7. The fourth-order valence-electron chi connectivity index (χ4n) is 6.29. The van der Waals surface area contributed by atoms with Crippen LogP contribution in [-0.2, 0) is 27.2 Å². The Morgan fingerprint density at radius 1 is 0.926 bits per heavy atom. The van der Waals surface area contributed by atoms with Crippen molar-refractivity contribution in [2.75, 3.05) is 23.8 Å². The molecule has 5 rings (SSSR count). The highest BCUT2D eigenvalue weighted by Crippen LogP contribution is 2.45. The Kier molecular flexibility index (Phi) is 13.8. The van der Waals surface area contributed by atoms with Crippen molar-refractivity contribution >= 4 is 63.6 Å². The van der Waals surface area contributed by atoms with Crippen LogP contribution in [0.25, 0.3) is 6.08 Å². The Morgan fingerprint density at radius 3 is 2.33 bits per heavy atom. The molecule has 2 unspecified atom stereocenters. The molecule has 3 N–H and O–H groups in total. The highest BCUT2D eigenvalue weighted by molar-refractivity contribution is 8.00. The maximum atomic E-state index is 13.8. The van der Waals surface area contributed by atoms with Crippen LogP contribution in [0.3, 0.4) is 0 Å². The van der Waals surface area contributed by atoms with Crippen LogP contribution in [0.15, 0.2) is 89.5 Å². The number of ether oxygens (including phenoxy) is 2. The number of thiophene rings is 1. The molecule has 3 amide bonds. The van der Waals surface area contributed by atoms with E-state index in [0.717, 1.165) is 34.6 Å². The molecule has 4 aromatic rings. The Hall–Kier alpha value is -4.87. The first-order valence-electron chi connectivity index (χ1n) is 18.4. The van der Waals surface area contributed by atoms with Crippen molar-refractivity contribution in [3.05, 3.63) is 112 Å². The number of fused-ring (bicyclic) bond motifs is 1. The lowest BCUT2D eigenvalue weighted by molar-refractivity contribution is -0.116. The van der Waals surface area contributed by atoms with Crippen molar-refractivity contribution in [3.8, 4) is 5.75 Å². The van der Waals surface area contributed by atoms with Crippen LogP contribution in [-0.4, -0.2) is 42.2 Å². The Bertz CT molecular complexity index is 1980. The van der Waals surface area contributed by atoms with Gasteiger partial charge >= 0.3 is 5.97 Å². The molecular weight excluding hydrogens is 719 g/mol. The average Bonchev–Trinajstić information content (AvgIpc) is 3.51. The topological polar surface area (TPSA) is 123 Å². The van der Waals surface area contributed by atoms with Crippen molar-refractivity contribution < 1.29 is 28.7 Å². The zero-order chi connectivity index (χ0) is 38.8. The lowest BCUT2D eigenvalue weighted by atomic mass is 9.72. The molecule has 0 aliphatic heterocycles. The molecule has 284 valence electrons. The summed E-state index contributed by atoms with van der Waals surface area (Å²) in [4.78, 5) is 55.8. The lowest BCUT2D eigenvalue weighted by Crippen LogP contribution is -2.30. The smallest absolute Gasteiger partial charge is 0.341 e. The number of carbonyl (C=O) groups is 4. The van der Waals surface area contributed by atoms with Crippen molar-refractivity contribution in [1.29, 1.82) is 0 Å². The van der Waals surface area contributed by atoms with Gasteiger partial charge in [0, 0.05) is 21.0 Å². The second-order valence-corrected chi connectivity index (χ2v) is 16.5. The average molecular weight is 768 g/mol. The van der Waals surface area contributed by atoms with Gasteiger partial charge in [-0.3, -0.25) is 14.4 Å². The van der Waals surface area contributed by atoms with Crippen molar-refractivity contribution in [3.63, 3.8) is 0 Å². The molecule has 1 heterocycles. The van der Waals surface area contributed by atoms with E-state index < -0.39 is 23.0 Å². The van der Waals surface area contributed by atoms with Crippen molar-refractivity contribution in [1.82, 2.24) is 5.32 Å². The quantitative estimate of drug-likeness (QED) is 0.0664. The second kappa shape index (κ2) is 18.4. The number of esters is 1. The van der Waals surface area contributed by atoms with E-state index in [4.69, 9.17) is 9.47 Å². The molecule has 1 aliphatic rings. The van der Waals surface area contributed by atoms with E-state index in [9.17, 15) is 19.2 Å². The predicted octanol–water partition coefficient (Wildman–Crippen LogP) is 9.39. The van der Waals surface area contributed by atoms with Gasteiger partial charge in [-0.15, -0.1) is 23.1 Å². The Labute approximate surface area is 326 Å². The summed E-state index contributed by atoms with van der Waals surface area (Å²) < 4.78 is 11.0. The van der Waals surface area contributed by atoms with Gasteiger partial charge in [0.05, 0.1) is 24.0 Å². The van der Waals surface area contributed by atoms with Crippen LogP contribution in [0.2, 0.25) is 0 Å². The monoisotopic (exact) mass is 767 g/mol. The van der Waals surface area contributed by atoms with Crippen molar-refractivity contribution in [2.45, 2.75) is 77.4 Å². The van der Waals surface area contributed by atoms with E-state index in [1.54, 1.807) is 67.6 Å². The Morgan fingerprint density at radius 2 is 1.67 bits per heavy atom. The van der Waals surface area contributed by atoms with Crippen LogP contribution in [0.5, 0.6) is 5.75 Å². The first-order valence-corrected chi connectivity index (χ1v) is 20.1. The van der Waals surface area contributed by atoms with E-state index in [-0.39, 0.29) is 23.6 Å². The molecule has 1 aliphatic carbocycles. The minimum Gasteiger partial charge on any atom is -0.494 e. The summed E-state index contributed by atoms with van der Waals surface area (Å²) in [7, 11) is 0. The maximum Gasteiger partial charge on any atom is 0.341 e. The van der Waals surface area contributed by atoms with Gasteiger partial charge in [-0.1, -0.05) is 64.1 Å². The van der Waals surface area contributed by atoms with Gasteiger partial charge < -0.3 is 25.4 Å². The highest BCUT2D eigenvalue weighted by atomic mass is 32.2.